The van der Waals surface area contributed by atoms with E-state index in [1.807, 2.05) is 0 Å². The molecule has 0 aliphatic rings. The number of hydrogen-bond acceptors (Lipinski definition) is 2. The zero-order valence-corrected chi connectivity index (χ0v) is 8.32. The Morgan fingerprint density at radius 3 is 2.23 bits per heavy atom. The second-order valence-electron chi connectivity index (χ2n) is 2.06. The van der Waals surface area contributed by atoms with Crippen LogP contribution in [0.25, 0.3) is 0 Å². The van der Waals surface area contributed by atoms with Crippen LogP contribution in [0.5, 0.6) is 5.75 Å². The van der Waals surface area contributed by atoms with Crippen LogP contribution in [-0.2, 0) is 0 Å². The SMILES string of the molecule is O=C(O)Oc1cc(Cl)c(Cl)cc1Cl. The average molecular weight is 241 g/mol. The van der Waals surface area contributed by atoms with Gasteiger partial charge in [-0.2, -0.15) is 0 Å². The number of carboxylic acid groups (broad SMARTS) is 1. The van der Waals surface area contributed by atoms with Crippen molar-refractivity contribution < 1.29 is 14.6 Å². The Morgan fingerprint density at radius 2 is 1.69 bits per heavy atom. The first-order valence-corrected chi connectivity index (χ1v) is 4.19. The van der Waals surface area contributed by atoms with Gasteiger partial charge in [0.1, 0.15) is 0 Å². The van der Waals surface area contributed by atoms with E-state index in [1.54, 1.807) is 0 Å². The van der Waals surface area contributed by atoms with Crippen LogP contribution in [0, 0.1) is 0 Å². The van der Waals surface area contributed by atoms with Gasteiger partial charge in [0, 0.05) is 6.07 Å². The van der Waals surface area contributed by atoms with Gasteiger partial charge in [0.25, 0.3) is 0 Å². The van der Waals surface area contributed by atoms with E-state index in [-0.39, 0.29) is 20.8 Å². The summed E-state index contributed by atoms with van der Waals surface area (Å²) in [4.78, 5) is 10.2. The number of carbonyl (C=O) groups is 1. The molecule has 0 fully saturated rings. The lowest BCUT2D eigenvalue weighted by Gasteiger charge is -2.03. The molecule has 0 unspecified atom stereocenters. The van der Waals surface area contributed by atoms with E-state index in [1.165, 1.54) is 12.1 Å². The van der Waals surface area contributed by atoms with Crippen LogP contribution in [0.2, 0.25) is 15.1 Å². The normalized spacial score (nSPS) is 9.77. The molecule has 0 atom stereocenters. The van der Waals surface area contributed by atoms with Crippen LogP contribution in [0.15, 0.2) is 12.1 Å². The van der Waals surface area contributed by atoms with Gasteiger partial charge in [-0.1, -0.05) is 34.8 Å². The summed E-state index contributed by atoms with van der Waals surface area (Å²) in [7, 11) is 0. The fraction of sp³-hybridized carbons (Fsp3) is 0. The van der Waals surface area contributed by atoms with E-state index >= 15 is 0 Å². The van der Waals surface area contributed by atoms with Crippen LogP contribution < -0.4 is 4.74 Å². The molecule has 0 bridgehead atoms. The van der Waals surface area contributed by atoms with Crippen LogP contribution in [0.1, 0.15) is 0 Å². The van der Waals surface area contributed by atoms with Gasteiger partial charge in [-0.15, -0.1) is 0 Å². The molecule has 13 heavy (non-hydrogen) atoms. The van der Waals surface area contributed by atoms with Gasteiger partial charge >= 0.3 is 6.16 Å². The molecule has 0 spiro atoms. The fourth-order valence-corrected chi connectivity index (χ4v) is 1.25. The molecule has 0 aliphatic carbocycles. The van der Waals surface area contributed by atoms with Crippen molar-refractivity contribution in [2.45, 2.75) is 0 Å². The number of halogens is 3. The quantitative estimate of drug-likeness (QED) is 0.463. The Bertz CT molecular complexity index is 351. The molecule has 0 saturated carbocycles. The standard InChI is InChI=1S/C7H3Cl3O3/c8-3-1-5(10)6(2-4(3)9)13-7(11)12/h1-2H,(H,11,12). The maximum atomic E-state index is 10.2. The first-order chi connectivity index (χ1) is 6.00. The topological polar surface area (TPSA) is 46.5 Å². The van der Waals surface area contributed by atoms with E-state index in [9.17, 15) is 4.79 Å². The summed E-state index contributed by atoms with van der Waals surface area (Å²) in [6.07, 6.45) is -1.46. The van der Waals surface area contributed by atoms with Gasteiger partial charge in [-0.25, -0.2) is 4.79 Å². The van der Waals surface area contributed by atoms with Crippen molar-refractivity contribution in [3.05, 3.63) is 27.2 Å². The number of rotatable bonds is 1. The van der Waals surface area contributed by atoms with Crippen LogP contribution >= 0.6 is 34.8 Å². The number of hydrogen-bond donors (Lipinski definition) is 1. The molecule has 1 N–H and O–H groups in total. The Balaban J connectivity index is 3.08. The van der Waals surface area contributed by atoms with Crippen LogP contribution in [0.3, 0.4) is 0 Å². The van der Waals surface area contributed by atoms with Gasteiger partial charge in [0.15, 0.2) is 5.75 Å². The maximum Gasteiger partial charge on any atom is 0.511 e. The summed E-state index contributed by atoms with van der Waals surface area (Å²) in [5.41, 5.74) is 0. The summed E-state index contributed by atoms with van der Waals surface area (Å²) in [6.45, 7) is 0. The molecule has 0 saturated heterocycles. The molecule has 1 aromatic carbocycles. The maximum absolute atomic E-state index is 10.2. The lowest BCUT2D eigenvalue weighted by atomic mass is 10.3. The van der Waals surface area contributed by atoms with Gasteiger partial charge < -0.3 is 9.84 Å². The van der Waals surface area contributed by atoms with Crippen LogP contribution in [-0.4, -0.2) is 11.3 Å². The minimum atomic E-state index is -1.46. The van der Waals surface area contributed by atoms with Crippen molar-refractivity contribution in [3.8, 4) is 5.75 Å². The summed E-state index contributed by atoms with van der Waals surface area (Å²) >= 11 is 16.8. The first-order valence-electron chi connectivity index (χ1n) is 3.06. The van der Waals surface area contributed by atoms with Crippen molar-refractivity contribution in [3.63, 3.8) is 0 Å². The highest BCUT2D eigenvalue weighted by atomic mass is 35.5. The molecule has 6 heteroatoms. The van der Waals surface area contributed by atoms with Crippen molar-refractivity contribution in [1.29, 1.82) is 0 Å². The third-order valence-electron chi connectivity index (χ3n) is 1.17. The first kappa shape index (κ1) is 10.4. The third-order valence-corrected chi connectivity index (χ3v) is 2.19. The van der Waals surface area contributed by atoms with E-state index in [0.29, 0.717) is 0 Å². The Hall–Kier alpha value is -0.640. The average Bonchev–Trinajstić information content (AvgIpc) is 1.99. The van der Waals surface area contributed by atoms with Crippen molar-refractivity contribution in [1.82, 2.24) is 0 Å². The molecule has 70 valence electrons. The van der Waals surface area contributed by atoms with E-state index in [4.69, 9.17) is 39.9 Å². The molecule has 1 aromatic rings. The lowest BCUT2D eigenvalue weighted by Crippen LogP contribution is -2.03. The van der Waals surface area contributed by atoms with E-state index in [0.717, 1.165) is 0 Å². The third kappa shape index (κ3) is 2.66. The van der Waals surface area contributed by atoms with Gasteiger partial charge in [0.05, 0.1) is 15.1 Å². The van der Waals surface area contributed by atoms with E-state index in [2.05, 4.69) is 4.74 Å². The summed E-state index contributed by atoms with van der Waals surface area (Å²) in [5, 5.41) is 8.81. The molecule has 0 radical (unpaired) electrons. The minimum absolute atomic E-state index is 0.0384. The lowest BCUT2D eigenvalue weighted by molar-refractivity contribution is 0.144. The van der Waals surface area contributed by atoms with Gasteiger partial charge in [-0.05, 0) is 6.07 Å². The smallest absolute Gasteiger partial charge is 0.449 e. The molecular weight excluding hydrogens is 238 g/mol. The predicted octanol–water partition coefficient (Wildman–Crippen LogP) is 3.70. The van der Waals surface area contributed by atoms with Crippen molar-refractivity contribution in [2.24, 2.45) is 0 Å². The zero-order valence-electron chi connectivity index (χ0n) is 6.05. The summed E-state index contributed by atoms with van der Waals surface area (Å²) in [5.74, 6) is -0.0384. The monoisotopic (exact) mass is 240 g/mol. The summed E-state index contributed by atoms with van der Waals surface area (Å²) in [6, 6.07) is 2.55. The number of benzene rings is 1. The Kier molecular flexibility index (Phi) is 3.25. The molecule has 3 nitrogen and oxygen atoms in total. The molecule has 1 rings (SSSR count). The minimum Gasteiger partial charge on any atom is -0.449 e. The second kappa shape index (κ2) is 4.05. The number of ether oxygens (including phenoxy) is 1. The molecule has 0 aromatic heterocycles. The molecule has 0 aliphatic heterocycles. The highest BCUT2D eigenvalue weighted by Crippen LogP contribution is 2.33. The Labute approximate surface area is 88.8 Å². The second-order valence-corrected chi connectivity index (χ2v) is 3.29. The molecule has 0 heterocycles. The largest absolute Gasteiger partial charge is 0.511 e. The molecular formula is C7H3Cl3O3. The highest BCUT2D eigenvalue weighted by molar-refractivity contribution is 6.43. The van der Waals surface area contributed by atoms with Crippen molar-refractivity contribution in [2.75, 3.05) is 0 Å². The van der Waals surface area contributed by atoms with E-state index < -0.39 is 6.16 Å². The van der Waals surface area contributed by atoms with Crippen molar-refractivity contribution >= 4 is 41.0 Å². The predicted molar refractivity (Wildman–Crippen MR) is 50.1 cm³/mol. The van der Waals surface area contributed by atoms with Gasteiger partial charge in [-0.3, -0.25) is 0 Å². The zero-order chi connectivity index (χ0) is 10.0. The van der Waals surface area contributed by atoms with Gasteiger partial charge in [0.2, 0.25) is 0 Å². The highest BCUT2D eigenvalue weighted by Gasteiger charge is 2.09. The molecule has 0 amide bonds. The Morgan fingerprint density at radius 1 is 1.15 bits per heavy atom. The van der Waals surface area contributed by atoms with Crippen LogP contribution in [0.4, 0.5) is 4.79 Å². The fourth-order valence-electron chi connectivity index (χ4n) is 0.677. The summed E-state index contributed by atoms with van der Waals surface area (Å²) < 4.78 is 4.32.